The summed E-state index contributed by atoms with van der Waals surface area (Å²) in [6.07, 6.45) is 0. The molecule has 19 heavy (non-hydrogen) atoms. The third-order valence-corrected chi connectivity index (χ3v) is 3.47. The summed E-state index contributed by atoms with van der Waals surface area (Å²) in [5.41, 5.74) is 0.637. The summed E-state index contributed by atoms with van der Waals surface area (Å²) in [6.45, 7) is 1.67. The van der Waals surface area contributed by atoms with Gasteiger partial charge in [-0.25, -0.2) is 8.78 Å². The summed E-state index contributed by atoms with van der Waals surface area (Å²) in [7, 11) is 0. The highest BCUT2D eigenvalue weighted by Crippen LogP contribution is 2.28. The zero-order valence-electron chi connectivity index (χ0n) is 10.1. The van der Waals surface area contributed by atoms with Crippen LogP contribution in [0.5, 0.6) is 0 Å². The molecule has 0 bridgehead atoms. The predicted molar refractivity (Wildman–Crippen MR) is 74.9 cm³/mol. The van der Waals surface area contributed by atoms with Gasteiger partial charge in [-0.1, -0.05) is 29.3 Å². The zero-order valence-corrected chi connectivity index (χ0v) is 11.6. The maximum Gasteiger partial charge on any atom is 0.131 e. The lowest BCUT2D eigenvalue weighted by atomic mass is 10.1. The van der Waals surface area contributed by atoms with Gasteiger partial charge in [-0.3, -0.25) is 0 Å². The van der Waals surface area contributed by atoms with Crippen LogP contribution in [0.1, 0.15) is 18.5 Å². The normalized spacial score (nSPS) is 12.3. The van der Waals surface area contributed by atoms with E-state index in [4.69, 9.17) is 23.2 Å². The van der Waals surface area contributed by atoms with Gasteiger partial charge >= 0.3 is 0 Å². The van der Waals surface area contributed by atoms with E-state index in [0.717, 1.165) is 0 Å². The van der Waals surface area contributed by atoms with Crippen LogP contribution in [0.4, 0.5) is 14.5 Å². The van der Waals surface area contributed by atoms with Crippen molar-refractivity contribution in [3.8, 4) is 0 Å². The van der Waals surface area contributed by atoms with E-state index in [1.165, 1.54) is 18.2 Å². The van der Waals surface area contributed by atoms with Crippen molar-refractivity contribution in [1.29, 1.82) is 0 Å². The molecule has 1 N–H and O–H groups in total. The van der Waals surface area contributed by atoms with E-state index >= 15 is 0 Å². The van der Waals surface area contributed by atoms with E-state index < -0.39 is 17.7 Å². The molecular weight excluding hydrogens is 291 g/mol. The fourth-order valence-corrected chi connectivity index (χ4v) is 2.13. The second-order valence-electron chi connectivity index (χ2n) is 4.13. The molecule has 0 saturated heterocycles. The summed E-state index contributed by atoms with van der Waals surface area (Å²) in [4.78, 5) is 0. The molecule has 0 aromatic heterocycles. The van der Waals surface area contributed by atoms with Crippen LogP contribution in [0.15, 0.2) is 36.4 Å². The fourth-order valence-electron chi connectivity index (χ4n) is 1.83. The molecule has 1 atom stereocenters. The molecule has 2 rings (SSSR count). The highest BCUT2D eigenvalue weighted by atomic mass is 35.5. The maximum absolute atomic E-state index is 13.6. The van der Waals surface area contributed by atoms with Crippen LogP contribution in [0.3, 0.4) is 0 Å². The Morgan fingerprint density at radius 1 is 1.00 bits per heavy atom. The minimum atomic E-state index is -0.583. The lowest BCUT2D eigenvalue weighted by molar-refractivity contribution is 0.544. The maximum atomic E-state index is 13.6. The Morgan fingerprint density at radius 2 is 1.63 bits per heavy atom. The third kappa shape index (κ3) is 3.17. The number of hydrogen-bond acceptors (Lipinski definition) is 1. The van der Waals surface area contributed by atoms with Gasteiger partial charge in [0.2, 0.25) is 0 Å². The molecule has 0 fully saturated rings. The van der Waals surface area contributed by atoms with Gasteiger partial charge in [0.25, 0.3) is 0 Å². The summed E-state index contributed by atoms with van der Waals surface area (Å²) in [6, 6.07) is 8.19. The average molecular weight is 302 g/mol. The summed E-state index contributed by atoms with van der Waals surface area (Å²) in [5.74, 6) is -1.17. The van der Waals surface area contributed by atoms with Crippen LogP contribution >= 0.6 is 23.2 Å². The molecule has 100 valence electrons. The molecule has 1 nitrogen and oxygen atoms in total. The predicted octanol–water partition coefficient (Wildman–Crippen LogP) is 5.44. The van der Waals surface area contributed by atoms with Gasteiger partial charge in [-0.15, -0.1) is 0 Å². The van der Waals surface area contributed by atoms with Gasteiger partial charge in [-0.05, 0) is 37.3 Å². The molecule has 2 aromatic rings. The van der Waals surface area contributed by atoms with Crippen LogP contribution in [-0.2, 0) is 0 Å². The first kappa shape index (κ1) is 14.1. The van der Waals surface area contributed by atoms with Crippen LogP contribution in [0.25, 0.3) is 0 Å². The first-order valence-corrected chi connectivity index (χ1v) is 6.40. The minimum absolute atomic E-state index is 0.00595. The second kappa shape index (κ2) is 5.76. The van der Waals surface area contributed by atoms with Crippen LogP contribution in [0.2, 0.25) is 10.0 Å². The quantitative estimate of drug-likeness (QED) is 0.795. The monoisotopic (exact) mass is 301 g/mol. The van der Waals surface area contributed by atoms with Gasteiger partial charge in [0.05, 0.1) is 16.1 Å². The Hall–Kier alpha value is -1.32. The van der Waals surface area contributed by atoms with Gasteiger partial charge in [0, 0.05) is 11.3 Å². The smallest absolute Gasteiger partial charge is 0.131 e. The molecule has 2 aromatic carbocycles. The molecule has 0 heterocycles. The first-order chi connectivity index (χ1) is 8.99. The lowest BCUT2D eigenvalue weighted by Crippen LogP contribution is -2.10. The average Bonchev–Trinajstić information content (AvgIpc) is 2.33. The summed E-state index contributed by atoms with van der Waals surface area (Å²) < 4.78 is 27.2. The molecule has 0 spiro atoms. The zero-order chi connectivity index (χ0) is 14.0. The number of anilines is 1. The lowest BCUT2D eigenvalue weighted by Gasteiger charge is -2.17. The van der Waals surface area contributed by atoms with Crippen molar-refractivity contribution in [2.45, 2.75) is 13.0 Å². The van der Waals surface area contributed by atoms with Crippen LogP contribution in [-0.4, -0.2) is 0 Å². The van der Waals surface area contributed by atoms with E-state index in [0.29, 0.717) is 15.7 Å². The van der Waals surface area contributed by atoms with Gasteiger partial charge in [0.1, 0.15) is 11.6 Å². The van der Waals surface area contributed by atoms with Gasteiger partial charge in [0.15, 0.2) is 0 Å². The standard InChI is InChI=1S/C14H11Cl2F2N/c1-8(14-12(17)3-2-4-13(14)18)19-9-5-6-10(15)11(16)7-9/h2-8,19H,1H3. The third-order valence-electron chi connectivity index (χ3n) is 2.74. The van der Waals surface area contributed by atoms with E-state index in [1.54, 1.807) is 25.1 Å². The molecule has 1 unspecified atom stereocenters. The highest BCUT2D eigenvalue weighted by molar-refractivity contribution is 6.42. The molecule has 0 aliphatic carbocycles. The van der Waals surface area contributed by atoms with E-state index in [-0.39, 0.29) is 5.56 Å². The summed E-state index contributed by atoms with van der Waals surface area (Å²) in [5, 5.41) is 3.79. The van der Waals surface area contributed by atoms with Crippen molar-refractivity contribution in [3.63, 3.8) is 0 Å². The topological polar surface area (TPSA) is 12.0 Å². The van der Waals surface area contributed by atoms with Crippen molar-refractivity contribution in [1.82, 2.24) is 0 Å². The van der Waals surface area contributed by atoms with Crippen molar-refractivity contribution in [2.75, 3.05) is 5.32 Å². The summed E-state index contributed by atoms with van der Waals surface area (Å²) >= 11 is 11.7. The second-order valence-corrected chi connectivity index (χ2v) is 4.94. The largest absolute Gasteiger partial charge is 0.378 e. The molecule has 0 saturated carbocycles. The SMILES string of the molecule is CC(Nc1ccc(Cl)c(Cl)c1)c1c(F)cccc1F. The number of nitrogens with one attached hydrogen (secondary N) is 1. The van der Waals surface area contributed by atoms with Crippen molar-refractivity contribution < 1.29 is 8.78 Å². The molecule has 0 aliphatic heterocycles. The molecule has 5 heteroatoms. The minimum Gasteiger partial charge on any atom is -0.378 e. The number of benzene rings is 2. The number of hydrogen-bond donors (Lipinski definition) is 1. The molecule has 0 amide bonds. The molecular formula is C14H11Cl2F2N. The molecule has 0 aliphatic rings. The van der Waals surface area contributed by atoms with E-state index in [2.05, 4.69) is 5.32 Å². The van der Waals surface area contributed by atoms with Crippen molar-refractivity contribution in [2.24, 2.45) is 0 Å². The van der Waals surface area contributed by atoms with Gasteiger partial charge < -0.3 is 5.32 Å². The Bertz CT molecular complexity index is 582. The van der Waals surface area contributed by atoms with Crippen LogP contribution < -0.4 is 5.32 Å². The van der Waals surface area contributed by atoms with E-state index in [9.17, 15) is 8.78 Å². The Morgan fingerprint density at radius 3 is 2.21 bits per heavy atom. The highest BCUT2D eigenvalue weighted by Gasteiger charge is 2.15. The fraction of sp³-hybridized carbons (Fsp3) is 0.143. The Kier molecular flexibility index (Phi) is 4.27. The van der Waals surface area contributed by atoms with Gasteiger partial charge in [-0.2, -0.15) is 0 Å². The number of halogens is 4. The molecule has 0 radical (unpaired) electrons. The first-order valence-electron chi connectivity index (χ1n) is 5.64. The van der Waals surface area contributed by atoms with E-state index in [1.807, 2.05) is 0 Å². The van der Waals surface area contributed by atoms with Crippen LogP contribution in [0, 0.1) is 11.6 Å². The number of rotatable bonds is 3. The van der Waals surface area contributed by atoms with Crippen molar-refractivity contribution >= 4 is 28.9 Å². The Balaban J connectivity index is 2.25. The Labute approximate surface area is 120 Å². The van der Waals surface area contributed by atoms with Crippen molar-refractivity contribution in [3.05, 3.63) is 63.6 Å².